The smallest absolute Gasteiger partial charge is 0.119 e. The van der Waals surface area contributed by atoms with Gasteiger partial charge in [-0.05, 0) is 57.2 Å². The third kappa shape index (κ3) is 4.00. The fraction of sp³-hybridized carbons (Fsp3) is 0.538. The van der Waals surface area contributed by atoms with Gasteiger partial charge in [0.2, 0.25) is 0 Å². The van der Waals surface area contributed by atoms with E-state index in [0.29, 0.717) is 0 Å². The molecule has 1 atom stereocenters. The van der Waals surface area contributed by atoms with E-state index < -0.39 is 0 Å². The molecule has 0 saturated heterocycles. The predicted octanol–water partition coefficient (Wildman–Crippen LogP) is 1.46. The minimum absolute atomic E-state index is 0.184. The molecule has 0 aliphatic carbocycles. The Labute approximate surface area is 104 Å². The van der Waals surface area contributed by atoms with Crippen LogP contribution in [0.15, 0.2) is 18.2 Å². The number of nitrogens with one attached hydrogen (secondary N) is 1. The Morgan fingerprint density at radius 2 is 2.12 bits per heavy atom. The minimum Gasteiger partial charge on any atom is -0.497 e. The highest BCUT2D eigenvalue weighted by Crippen LogP contribution is 2.24. The molecule has 1 aromatic rings. The van der Waals surface area contributed by atoms with Crippen molar-refractivity contribution in [1.82, 2.24) is 10.3 Å². The average molecular weight is 237 g/mol. The molecule has 0 bridgehead atoms. The third-order valence-corrected chi connectivity index (χ3v) is 2.92. The Morgan fingerprint density at radius 3 is 2.59 bits per heavy atom. The van der Waals surface area contributed by atoms with Crippen LogP contribution in [0.1, 0.15) is 23.6 Å². The second-order valence-corrected chi connectivity index (χ2v) is 4.53. The number of hydrogen-bond donors (Lipinski definition) is 2. The van der Waals surface area contributed by atoms with Crippen molar-refractivity contribution in [1.29, 1.82) is 0 Å². The largest absolute Gasteiger partial charge is 0.497 e. The SMILES string of the molecule is COc1ccc(C(CCN(C)C)NN)c(C)c1. The third-order valence-electron chi connectivity index (χ3n) is 2.92. The first kappa shape index (κ1) is 14.0. The van der Waals surface area contributed by atoms with Crippen LogP contribution in [0.3, 0.4) is 0 Å². The first-order valence-electron chi connectivity index (χ1n) is 5.84. The van der Waals surface area contributed by atoms with Gasteiger partial charge in [-0.15, -0.1) is 0 Å². The van der Waals surface area contributed by atoms with Gasteiger partial charge in [0.25, 0.3) is 0 Å². The molecular formula is C13H23N3O. The van der Waals surface area contributed by atoms with Gasteiger partial charge in [-0.25, -0.2) is 0 Å². The number of benzene rings is 1. The maximum atomic E-state index is 5.63. The average Bonchev–Trinajstić information content (AvgIpc) is 2.31. The summed E-state index contributed by atoms with van der Waals surface area (Å²) in [5, 5.41) is 0. The van der Waals surface area contributed by atoms with Gasteiger partial charge >= 0.3 is 0 Å². The van der Waals surface area contributed by atoms with Crippen LogP contribution in [0, 0.1) is 6.92 Å². The fourth-order valence-corrected chi connectivity index (χ4v) is 1.88. The molecule has 0 saturated carbocycles. The molecular weight excluding hydrogens is 214 g/mol. The van der Waals surface area contributed by atoms with Gasteiger partial charge < -0.3 is 9.64 Å². The van der Waals surface area contributed by atoms with Crippen molar-refractivity contribution >= 4 is 0 Å². The summed E-state index contributed by atoms with van der Waals surface area (Å²) in [4.78, 5) is 2.16. The molecule has 3 N–H and O–H groups in total. The van der Waals surface area contributed by atoms with E-state index in [-0.39, 0.29) is 6.04 Å². The van der Waals surface area contributed by atoms with Crippen LogP contribution in [0.4, 0.5) is 0 Å². The van der Waals surface area contributed by atoms with E-state index in [1.807, 2.05) is 12.1 Å². The van der Waals surface area contributed by atoms with Crippen molar-refractivity contribution in [2.24, 2.45) is 5.84 Å². The van der Waals surface area contributed by atoms with Crippen LogP contribution in [0.25, 0.3) is 0 Å². The Kier molecular flexibility index (Phi) is 5.41. The van der Waals surface area contributed by atoms with Gasteiger partial charge in [0.1, 0.15) is 5.75 Å². The van der Waals surface area contributed by atoms with Gasteiger partial charge in [0, 0.05) is 6.04 Å². The van der Waals surface area contributed by atoms with Crippen molar-refractivity contribution in [3.8, 4) is 5.75 Å². The topological polar surface area (TPSA) is 50.5 Å². The highest BCUT2D eigenvalue weighted by molar-refractivity contribution is 5.36. The van der Waals surface area contributed by atoms with E-state index in [1.165, 1.54) is 11.1 Å². The number of ether oxygens (including phenoxy) is 1. The van der Waals surface area contributed by atoms with E-state index in [9.17, 15) is 0 Å². The standard InChI is InChI=1S/C13H23N3O/c1-10-9-11(17-4)5-6-12(10)13(15-14)7-8-16(2)3/h5-6,9,13,15H,7-8,14H2,1-4H3. The molecule has 1 aromatic carbocycles. The van der Waals surface area contributed by atoms with Crippen LogP contribution in [0.2, 0.25) is 0 Å². The quantitative estimate of drug-likeness (QED) is 0.581. The summed E-state index contributed by atoms with van der Waals surface area (Å²) in [6, 6.07) is 6.27. The second-order valence-electron chi connectivity index (χ2n) is 4.53. The number of aryl methyl sites for hydroxylation is 1. The molecule has 0 spiro atoms. The molecule has 1 rings (SSSR count). The highest BCUT2D eigenvalue weighted by atomic mass is 16.5. The molecule has 0 aromatic heterocycles. The predicted molar refractivity (Wildman–Crippen MR) is 71.0 cm³/mol. The lowest BCUT2D eigenvalue weighted by Gasteiger charge is -2.21. The Hall–Kier alpha value is -1.10. The van der Waals surface area contributed by atoms with E-state index in [2.05, 4.69) is 37.4 Å². The van der Waals surface area contributed by atoms with Crippen LogP contribution in [-0.2, 0) is 0 Å². The normalized spacial score (nSPS) is 12.8. The lowest BCUT2D eigenvalue weighted by atomic mass is 9.99. The van der Waals surface area contributed by atoms with Crippen LogP contribution in [0.5, 0.6) is 5.75 Å². The minimum atomic E-state index is 0.184. The summed E-state index contributed by atoms with van der Waals surface area (Å²) in [5.74, 6) is 6.51. The Bertz CT molecular complexity index is 353. The maximum Gasteiger partial charge on any atom is 0.119 e. The summed E-state index contributed by atoms with van der Waals surface area (Å²) < 4.78 is 5.20. The van der Waals surface area contributed by atoms with Crippen LogP contribution >= 0.6 is 0 Å². The lowest BCUT2D eigenvalue weighted by Crippen LogP contribution is -2.31. The Morgan fingerprint density at radius 1 is 1.41 bits per heavy atom. The summed E-state index contributed by atoms with van der Waals surface area (Å²) >= 11 is 0. The molecule has 0 amide bonds. The second kappa shape index (κ2) is 6.59. The van der Waals surface area contributed by atoms with Crippen LogP contribution in [-0.4, -0.2) is 32.6 Å². The molecule has 0 fully saturated rings. The number of nitrogens with zero attached hydrogens (tertiary/aromatic N) is 1. The molecule has 0 heterocycles. The van der Waals surface area contributed by atoms with E-state index in [0.717, 1.165) is 18.7 Å². The number of nitrogens with two attached hydrogens (primary N) is 1. The molecule has 4 heteroatoms. The molecule has 4 nitrogen and oxygen atoms in total. The first-order valence-corrected chi connectivity index (χ1v) is 5.84. The number of hydrogen-bond acceptors (Lipinski definition) is 4. The van der Waals surface area contributed by atoms with Gasteiger partial charge in [-0.2, -0.15) is 0 Å². The van der Waals surface area contributed by atoms with Gasteiger partial charge in [0.05, 0.1) is 7.11 Å². The first-order chi connectivity index (χ1) is 8.08. The van der Waals surface area contributed by atoms with E-state index in [4.69, 9.17) is 10.6 Å². The lowest BCUT2D eigenvalue weighted by molar-refractivity contribution is 0.362. The molecule has 0 aliphatic heterocycles. The van der Waals surface area contributed by atoms with Crippen molar-refractivity contribution in [2.45, 2.75) is 19.4 Å². The monoisotopic (exact) mass is 237 g/mol. The van der Waals surface area contributed by atoms with Crippen LogP contribution < -0.4 is 16.0 Å². The summed E-state index contributed by atoms with van der Waals surface area (Å²) in [7, 11) is 5.81. The van der Waals surface area contributed by atoms with Crippen molar-refractivity contribution in [3.63, 3.8) is 0 Å². The summed E-state index contributed by atoms with van der Waals surface area (Å²) in [5.41, 5.74) is 5.32. The van der Waals surface area contributed by atoms with Crippen molar-refractivity contribution in [2.75, 3.05) is 27.7 Å². The number of rotatable bonds is 6. The zero-order valence-corrected chi connectivity index (χ0v) is 11.2. The van der Waals surface area contributed by atoms with E-state index >= 15 is 0 Å². The molecule has 0 radical (unpaired) electrons. The van der Waals surface area contributed by atoms with E-state index in [1.54, 1.807) is 7.11 Å². The highest BCUT2D eigenvalue weighted by Gasteiger charge is 2.12. The number of hydrazine groups is 1. The van der Waals surface area contributed by atoms with Crippen molar-refractivity contribution in [3.05, 3.63) is 29.3 Å². The Balaban J connectivity index is 2.80. The zero-order valence-electron chi connectivity index (χ0n) is 11.2. The molecule has 0 aliphatic rings. The van der Waals surface area contributed by atoms with Gasteiger partial charge in [-0.1, -0.05) is 6.07 Å². The molecule has 96 valence electrons. The zero-order chi connectivity index (χ0) is 12.8. The summed E-state index contributed by atoms with van der Waals surface area (Å²) in [6.07, 6.45) is 0.983. The van der Waals surface area contributed by atoms with Gasteiger partial charge in [-0.3, -0.25) is 11.3 Å². The van der Waals surface area contributed by atoms with Crippen molar-refractivity contribution < 1.29 is 4.74 Å². The molecule has 17 heavy (non-hydrogen) atoms. The number of methoxy groups -OCH3 is 1. The molecule has 1 unspecified atom stereocenters. The summed E-state index contributed by atoms with van der Waals surface area (Å²) in [6.45, 7) is 3.08. The maximum absolute atomic E-state index is 5.63. The van der Waals surface area contributed by atoms with Gasteiger partial charge in [0.15, 0.2) is 0 Å². The fourth-order valence-electron chi connectivity index (χ4n) is 1.88.